The Morgan fingerprint density at radius 2 is 2.08 bits per heavy atom. The van der Waals surface area contributed by atoms with Crippen molar-refractivity contribution in [1.82, 2.24) is 14.5 Å². The minimum absolute atomic E-state index is 0.170. The molecule has 2 heterocycles. The number of amides is 2. The van der Waals surface area contributed by atoms with Gasteiger partial charge in [-0.15, -0.1) is 0 Å². The maximum Gasteiger partial charge on any atom is 0.358 e. The van der Waals surface area contributed by atoms with Gasteiger partial charge in [0.2, 0.25) is 0 Å². The van der Waals surface area contributed by atoms with Gasteiger partial charge >= 0.3 is 12.0 Å². The van der Waals surface area contributed by atoms with Crippen LogP contribution in [0.3, 0.4) is 0 Å². The van der Waals surface area contributed by atoms with E-state index in [0.717, 1.165) is 11.3 Å². The molecule has 0 bridgehead atoms. The van der Waals surface area contributed by atoms with E-state index in [4.69, 9.17) is 4.74 Å². The van der Waals surface area contributed by atoms with E-state index < -0.39 is 5.97 Å². The molecule has 7 nitrogen and oxygen atoms in total. The standard InChI is InChI=1S/C17H20N4O3/c1-3-24-16(22)14-10-20-8-9-21(11-15(20)18-14)17(23)19-13-7-5-4-6-12(13)2/h4-7,10H,3,8-9,11H2,1-2H3,(H,19,23). The molecule has 0 unspecified atom stereocenters. The zero-order chi connectivity index (χ0) is 17.1. The van der Waals surface area contributed by atoms with E-state index in [2.05, 4.69) is 10.3 Å². The smallest absolute Gasteiger partial charge is 0.358 e. The number of aromatic nitrogens is 2. The molecule has 1 aliphatic rings. The molecule has 3 rings (SSSR count). The highest BCUT2D eigenvalue weighted by atomic mass is 16.5. The zero-order valence-corrected chi connectivity index (χ0v) is 13.8. The predicted octanol–water partition coefficient (Wildman–Crippen LogP) is 2.42. The fraction of sp³-hybridized carbons (Fsp3) is 0.353. The first-order valence-electron chi connectivity index (χ1n) is 7.93. The number of benzene rings is 1. The van der Waals surface area contributed by atoms with Crippen molar-refractivity contribution in [2.75, 3.05) is 18.5 Å². The average Bonchev–Trinajstić information content (AvgIpc) is 3.00. The fourth-order valence-electron chi connectivity index (χ4n) is 2.64. The van der Waals surface area contributed by atoms with Crippen LogP contribution in [0, 0.1) is 6.92 Å². The Morgan fingerprint density at radius 1 is 1.29 bits per heavy atom. The lowest BCUT2D eigenvalue weighted by molar-refractivity contribution is 0.0520. The summed E-state index contributed by atoms with van der Waals surface area (Å²) in [6, 6.07) is 7.47. The molecule has 0 atom stereocenters. The topological polar surface area (TPSA) is 76.5 Å². The number of para-hydroxylation sites is 1. The first-order chi connectivity index (χ1) is 11.6. The Morgan fingerprint density at radius 3 is 2.83 bits per heavy atom. The van der Waals surface area contributed by atoms with E-state index in [0.29, 0.717) is 32.1 Å². The fourth-order valence-corrected chi connectivity index (χ4v) is 2.64. The van der Waals surface area contributed by atoms with Crippen LogP contribution in [0.5, 0.6) is 0 Å². The quantitative estimate of drug-likeness (QED) is 0.878. The van der Waals surface area contributed by atoms with Gasteiger partial charge in [0, 0.05) is 25.0 Å². The van der Waals surface area contributed by atoms with Gasteiger partial charge in [0.1, 0.15) is 5.82 Å². The molecule has 0 saturated carbocycles. The predicted molar refractivity (Wildman–Crippen MR) is 88.8 cm³/mol. The third-order valence-corrected chi connectivity index (χ3v) is 3.96. The van der Waals surface area contributed by atoms with Gasteiger partial charge in [-0.25, -0.2) is 14.6 Å². The first kappa shape index (κ1) is 16.0. The summed E-state index contributed by atoms with van der Waals surface area (Å²) in [6.07, 6.45) is 1.68. The van der Waals surface area contributed by atoms with Crippen molar-refractivity contribution in [2.24, 2.45) is 0 Å². The van der Waals surface area contributed by atoms with Crippen LogP contribution in [-0.4, -0.2) is 39.6 Å². The van der Waals surface area contributed by atoms with Crippen LogP contribution in [0.25, 0.3) is 0 Å². The van der Waals surface area contributed by atoms with E-state index in [1.807, 2.05) is 35.8 Å². The number of anilines is 1. The molecule has 24 heavy (non-hydrogen) atoms. The highest BCUT2D eigenvalue weighted by Crippen LogP contribution is 2.17. The highest BCUT2D eigenvalue weighted by molar-refractivity contribution is 5.90. The van der Waals surface area contributed by atoms with E-state index in [1.165, 1.54) is 0 Å². The van der Waals surface area contributed by atoms with Gasteiger partial charge in [-0.1, -0.05) is 18.2 Å². The number of carbonyl (C=O) groups excluding carboxylic acids is 2. The van der Waals surface area contributed by atoms with Gasteiger partial charge in [-0.2, -0.15) is 0 Å². The van der Waals surface area contributed by atoms with E-state index in [9.17, 15) is 9.59 Å². The molecule has 0 radical (unpaired) electrons. The number of ether oxygens (including phenoxy) is 1. The van der Waals surface area contributed by atoms with Crippen LogP contribution in [0.15, 0.2) is 30.5 Å². The molecular formula is C17H20N4O3. The first-order valence-corrected chi connectivity index (χ1v) is 7.93. The minimum Gasteiger partial charge on any atom is -0.461 e. The molecule has 0 spiro atoms. The Balaban J connectivity index is 1.69. The van der Waals surface area contributed by atoms with Crippen LogP contribution in [-0.2, 0) is 17.8 Å². The van der Waals surface area contributed by atoms with E-state index >= 15 is 0 Å². The maximum atomic E-state index is 12.5. The van der Waals surface area contributed by atoms with Crippen LogP contribution < -0.4 is 5.32 Å². The Labute approximate surface area is 140 Å². The molecule has 1 aliphatic heterocycles. The van der Waals surface area contributed by atoms with Crippen molar-refractivity contribution in [3.63, 3.8) is 0 Å². The van der Waals surface area contributed by atoms with Gasteiger partial charge in [0.25, 0.3) is 0 Å². The van der Waals surface area contributed by atoms with Crippen LogP contribution in [0.4, 0.5) is 10.5 Å². The van der Waals surface area contributed by atoms with E-state index in [-0.39, 0.29) is 11.7 Å². The van der Waals surface area contributed by atoms with Crippen molar-refractivity contribution in [2.45, 2.75) is 26.9 Å². The van der Waals surface area contributed by atoms with Crippen molar-refractivity contribution in [3.05, 3.63) is 47.5 Å². The number of nitrogens with one attached hydrogen (secondary N) is 1. The molecule has 0 saturated heterocycles. The largest absolute Gasteiger partial charge is 0.461 e. The minimum atomic E-state index is -0.435. The number of carbonyl (C=O) groups is 2. The lowest BCUT2D eigenvalue weighted by Gasteiger charge is -2.28. The number of aryl methyl sites for hydroxylation is 1. The second kappa shape index (κ2) is 6.74. The molecule has 1 aromatic carbocycles. The summed E-state index contributed by atoms with van der Waals surface area (Å²) in [5, 5.41) is 2.92. The summed E-state index contributed by atoms with van der Waals surface area (Å²) in [6.45, 7) is 5.53. The molecular weight excluding hydrogens is 308 g/mol. The molecule has 2 aromatic rings. The number of imidazole rings is 1. The highest BCUT2D eigenvalue weighted by Gasteiger charge is 2.24. The molecule has 0 aliphatic carbocycles. The average molecular weight is 328 g/mol. The van der Waals surface area contributed by atoms with Gasteiger partial charge < -0.3 is 19.5 Å². The van der Waals surface area contributed by atoms with Gasteiger partial charge in [-0.05, 0) is 25.5 Å². The SMILES string of the molecule is CCOC(=O)c1cn2c(n1)CN(C(=O)Nc1ccccc1C)CC2. The molecule has 2 amide bonds. The summed E-state index contributed by atoms with van der Waals surface area (Å²) in [4.78, 5) is 30.2. The summed E-state index contributed by atoms with van der Waals surface area (Å²) in [5.74, 6) is 0.250. The summed E-state index contributed by atoms with van der Waals surface area (Å²) >= 11 is 0. The molecule has 126 valence electrons. The van der Waals surface area contributed by atoms with Crippen molar-refractivity contribution < 1.29 is 14.3 Å². The number of esters is 1. The molecule has 1 N–H and O–H groups in total. The normalized spacial score (nSPS) is 13.3. The molecule has 0 fully saturated rings. The van der Waals surface area contributed by atoms with Crippen molar-refractivity contribution >= 4 is 17.7 Å². The number of rotatable bonds is 3. The third kappa shape index (κ3) is 3.24. The summed E-state index contributed by atoms with van der Waals surface area (Å²) in [7, 11) is 0. The second-order valence-electron chi connectivity index (χ2n) is 5.62. The van der Waals surface area contributed by atoms with Crippen LogP contribution in [0.2, 0.25) is 0 Å². The Hall–Kier alpha value is -2.83. The maximum absolute atomic E-state index is 12.5. The van der Waals surface area contributed by atoms with E-state index in [1.54, 1.807) is 18.0 Å². The summed E-state index contributed by atoms with van der Waals surface area (Å²) < 4.78 is 6.86. The number of urea groups is 1. The number of hydrogen-bond donors (Lipinski definition) is 1. The number of fused-ring (bicyclic) bond motifs is 1. The van der Waals surface area contributed by atoms with Crippen molar-refractivity contribution in [1.29, 1.82) is 0 Å². The molecule has 1 aromatic heterocycles. The summed E-state index contributed by atoms with van der Waals surface area (Å²) in [5.41, 5.74) is 2.09. The molecule has 7 heteroatoms. The monoisotopic (exact) mass is 328 g/mol. The van der Waals surface area contributed by atoms with Gasteiger partial charge in [0.05, 0.1) is 13.2 Å². The van der Waals surface area contributed by atoms with Gasteiger partial charge in [-0.3, -0.25) is 0 Å². The Bertz CT molecular complexity index is 769. The second-order valence-corrected chi connectivity index (χ2v) is 5.62. The lowest BCUT2D eigenvalue weighted by Crippen LogP contribution is -2.40. The van der Waals surface area contributed by atoms with Crippen LogP contribution >= 0.6 is 0 Å². The van der Waals surface area contributed by atoms with Gasteiger partial charge in [0.15, 0.2) is 5.69 Å². The number of nitrogens with zero attached hydrogens (tertiary/aromatic N) is 3. The zero-order valence-electron chi connectivity index (χ0n) is 13.8. The number of hydrogen-bond acceptors (Lipinski definition) is 4. The Kier molecular flexibility index (Phi) is 4.50. The van der Waals surface area contributed by atoms with Crippen LogP contribution in [0.1, 0.15) is 28.8 Å². The van der Waals surface area contributed by atoms with Crippen molar-refractivity contribution in [3.8, 4) is 0 Å². The third-order valence-electron chi connectivity index (χ3n) is 3.96. The lowest BCUT2D eigenvalue weighted by atomic mass is 10.2.